The molecule has 0 spiro atoms. The normalized spacial score (nSPS) is 20.5. The first kappa shape index (κ1) is 32.0. The van der Waals surface area contributed by atoms with Crippen LogP contribution in [0.1, 0.15) is 64.4 Å². The number of rotatable bonds is 10. The highest BCUT2D eigenvalue weighted by Gasteiger charge is 2.43. The predicted molar refractivity (Wildman–Crippen MR) is 173 cm³/mol. The van der Waals surface area contributed by atoms with E-state index in [-0.39, 0.29) is 35.6 Å². The monoisotopic (exact) mass is 610 g/mol. The van der Waals surface area contributed by atoms with E-state index in [4.69, 9.17) is 11.2 Å². The van der Waals surface area contributed by atoms with Gasteiger partial charge in [-0.15, -0.1) is 6.42 Å². The molecule has 3 aliphatic rings. The molecule has 236 valence electrons. The molecule has 3 amide bonds. The Balaban J connectivity index is 1.20. The largest absolute Gasteiger partial charge is 0.478 e. The number of carbonyl (C=O) groups excluding carboxylic acids is 2. The molecule has 3 heterocycles. The Kier molecular flexibility index (Phi) is 10.7. The van der Waals surface area contributed by atoms with E-state index in [0.717, 1.165) is 62.0 Å². The molecule has 3 fully saturated rings. The van der Waals surface area contributed by atoms with Gasteiger partial charge in [0, 0.05) is 63.6 Å². The van der Waals surface area contributed by atoms with E-state index in [1.807, 2.05) is 53.1 Å². The molecule has 0 aliphatic carbocycles. The van der Waals surface area contributed by atoms with Crippen molar-refractivity contribution in [1.82, 2.24) is 20.0 Å². The van der Waals surface area contributed by atoms with E-state index < -0.39 is 5.97 Å². The Morgan fingerprint density at radius 2 is 1.60 bits per heavy atom. The number of urea groups is 1. The van der Waals surface area contributed by atoms with Crippen LogP contribution in [0, 0.1) is 12.3 Å². The molecule has 5 rings (SSSR count). The number of aromatic carboxylic acids is 1. The minimum Gasteiger partial charge on any atom is -0.478 e. The van der Waals surface area contributed by atoms with E-state index in [0.29, 0.717) is 31.9 Å². The van der Waals surface area contributed by atoms with Crippen LogP contribution in [0.4, 0.5) is 4.79 Å². The van der Waals surface area contributed by atoms with Crippen LogP contribution in [0.2, 0.25) is 0 Å². The summed E-state index contributed by atoms with van der Waals surface area (Å²) in [5.41, 5.74) is 3.94. The summed E-state index contributed by atoms with van der Waals surface area (Å²) in [6.45, 7) is 6.78. The Hall–Kier alpha value is -4.39. The van der Waals surface area contributed by atoms with E-state index in [1.165, 1.54) is 0 Å². The van der Waals surface area contributed by atoms with Crippen molar-refractivity contribution in [1.29, 1.82) is 0 Å². The lowest BCUT2D eigenvalue weighted by molar-refractivity contribution is 0.0688. The molecule has 9 nitrogen and oxygen atoms in total. The highest BCUT2D eigenvalue weighted by molar-refractivity contribution is 5.94. The molecule has 2 aromatic rings. The van der Waals surface area contributed by atoms with Crippen LogP contribution in [0.5, 0.6) is 0 Å². The maximum atomic E-state index is 13.9. The minimum absolute atomic E-state index is 0.0103. The fourth-order valence-corrected chi connectivity index (χ4v) is 6.48. The van der Waals surface area contributed by atoms with Gasteiger partial charge in [0.15, 0.2) is 0 Å². The van der Waals surface area contributed by atoms with Crippen molar-refractivity contribution in [3.05, 3.63) is 94.6 Å². The number of terminal acetylenes is 1. The summed E-state index contributed by atoms with van der Waals surface area (Å²) >= 11 is 0. The second-order valence-corrected chi connectivity index (χ2v) is 11.9. The quantitative estimate of drug-likeness (QED) is 0.299. The van der Waals surface area contributed by atoms with Crippen molar-refractivity contribution in [3.8, 4) is 12.3 Å². The van der Waals surface area contributed by atoms with Crippen molar-refractivity contribution < 1.29 is 24.2 Å². The number of piperidine rings is 1. The Morgan fingerprint density at radius 3 is 2.20 bits per heavy atom. The number of nitrogens with zero attached hydrogens (tertiary/aromatic N) is 3. The van der Waals surface area contributed by atoms with Gasteiger partial charge in [-0.3, -0.25) is 9.69 Å². The molecule has 2 N–H and O–H groups in total. The van der Waals surface area contributed by atoms with Crippen LogP contribution in [-0.2, 0) is 17.8 Å². The molecule has 3 saturated heterocycles. The molecular weight excluding hydrogens is 568 g/mol. The Labute approximate surface area is 265 Å². The molecule has 0 saturated carbocycles. The van der Waals surface area contributed by atoms with Crippen LogP contribution in [-0.4, -0.2) is 88.7 Å². The zero-order chi connectivity index (χ0) is 31.8. The van der Waals surface area contributed by atoms with Crippen LogP contribution >= 0.6 is 0 Å². The zero-order valence-electron chi connectivity index (χ0n) is 25.9. The summed E-state index contributed by atoms with van der Waals surface area (Å²) in [4.78, 5) is 44.1. The molecule has 1 atom stereocenters. The Morgan fingerprint density at radius 1 is 0.978 bits per heavy atom. The molecular formula is C36H42N4O5. The minimum atomic E-state index is -0.972. The molecule has 0 aromatic heterocycles. The summed E-state index contributed by atoms with van der Waals surface area (Å²) in [7, 11) is 0. The summed E-state index contributed by atoms with van der Waals surface area (Å²) in [5, 5.41) is 12.4. The number of hydrogen-bond acceptors (Lipinski definition) is 5. The standard InChI is InChI=1S/C36H42N4O5/c1-3-5-6-28(4-2)33-25-39(24-27-9-13-30(14-10-27)35(42)43)36(44)40(33)32-15-19-38(20-16-32)23-26-7-11-29(12-8-26)34(41)37-31-17-21-45-22-18-31/h1,4-14,31-33H,15-25H2,2H3,(H,37,41)(H,42,43)/b6-5-,28-4+/t33-/m0/s1. The number of carboxylic acid groups (broad SMARTS) is 1. The van der Waals surface area contributed by atoms with Gasteiger partial charge in [0.2, 0.25) is 0 Å². The molecule has 0 unspecified atom stereocenters. The molecule has 45 heavy (non-hydrogen) atoms. The average molecular weight is 611 g/mol. The highest BCUT2D eigenvalue weighted by atomic mass is 16.5. The number of benzene rings is 2. The highest BCUT2D eigenvalue weighted by Crippen LogP contribution is 2.31. The van der Waals surface area contributed by atoms with Crippen LogP contribution in [0.3, 0.4) is 0 Å². The van der Waals surface area contributed by atoms with Crippen molar-refractivity contribution in [2.45, 2.75) is 63.8 Å². The SMILES string of the molecule is C#C/C=C\C(=C/C)[C@@H]1CN(Cc2ccc(C(=O)O)cc2)C(=O)N1C1CCN(Cc2ccc(C(=O)NC3CCOCC3)cc2)CC1. The number of hydrogen-bond donors (Lipinski definition) is 2. The predicted octanol–water partition coefficient (Wildman–Crippen LogP) is 4.70. The summed E-state index contributed by atoms with van der Waals surface area (Å²) in [5.74, 6) is 1.55. The fraction of sp³-hybridized carbons (Fsp3) is 0.417. The van der Waals surface area contributed by atoms with Crippen molar-refractivity contribution in [2.75, 3.05) is 32.8 Å². The van der Waals surface area contributed by atoms with Gasteiger partial charge in [0.25, 0.3) is 5.91 Å². The maximum absolute atomic E-state index is 13.9. The smallest absolute Gasteiger partial charge is 0.335 e. The van der Waals surface area contributed by atoms with Crippen LogP contribution in [0.15, 0.2) is 72.3 Å². The maximum Gasteiger partial charge on any atom is 0.335 e. The first-order chi connectivity index (χ1) is 21.9. The molecule has 2 aromatic carbocycles. The van der Waals surface area contributed by atoms with Gasteiger partial charge in [-0.05, 0) is 85.7 Å². The van der Waals surface area contributed by atoms with E-state index >= 15 is 0 Å². The lowest BCUT2D eigenvalue weighted by atomic mass is 9.98. The Bertz CT molecular complexity index is 1450. The number of carboxylic acids is 1. The van der Waals surface area contributed by atoms with Gasteiger partial charge in [-0.2, -0.15) is 0 Å². The van der Waals surface area contributed by atoms with Gasteiger partial charge >= 0.3 is 12.0 Å². The first-order valence-corrected chi connectivity index (χ1v) is 15.7. The molecule has 3 aliphatic heterocycles. The number of ether oxygens (including phenoxy) is 1. The van der Waals surface area contributed by atoms with E-state index in [9.17, 15) is 19.5 Å². The van der Waals surface area contributed by atoms with Crippen molar-refractivity contribution >= 4 is 17.9 Å². The third-order valence-electron chi connectivity index (χ3n) is 9.01. The number of likely N-dealkylation sites (tertiary alicyclic amines) is 1. The molecule has 9 heteroatoms. The van der Waals surface area contributed by atoms with Gasteiger partial charge in [0.1, 0.15) is 0 Å². The molecule has 0 radical (unpaired) electrons. The van der Waals surface area contributed by atoms with Crippen LogP contribution < -0.4 is 5.32 Å². The molecule has 0 bridgehead atoms. The lowest BCUT2D eigenvalue weighted by Crippen LogP contribution is -2.49. The van der Waals surface area contributed by atoms with Gasteiger partial charge in [-0.1, -0.05) is 36.3 Å². The number of carbonyl (C=O) groups is 3. The van der Waals surface area contributed by atoms with Gasteiger partial charge < -0.3 is 25.0 Å². The fourth-order valence-electron chi connectivity index (χ4n) is 6.48. The van der Waals surface area contributed by atoms with Crippen LogP contribution in [0.25, 0.3) is 0 Å². The second-order valence-electron chi connectivity index (χ2n) is 11.9. The summed E-state index contributed by atoms with van der Waals surface area (Å²) in [6, 6.07) is 14.7. The average Bonchev–Trinajstić information content (AvgIpc) is 3.37. The van der Waals surface area contributed by atoms with E-state index in [1.54, 1.807) is 30.3 Å². The summed E-state index contributed by atoms with van der Waals surface area (Å²) in [6.07, 6.45) is 14.5. The van der Waals surface area contributed by atoms with Crippen molar-refractivity contribution in [3.63, 3.8) is 0 Å². The second kappa shape index (κ2) is 15.1. The third-order valence-corrected chi connectivity index (χ3v) is 9.01. The first-order valence-electron chi connectivity index (χ1n) is 15.7. The summed E-state index contributed by atoms with van der Waals surface area (Å²) < 4.78 is 5.38. The topological polar surface area (TPSA) is 102 Å². The number of nitrogens with one attached hydrogen (secondary N) is 1. The van der Waals surface area contributed by atoms with Gasteiger partial charge in [0.05, 0.1) is 11.6 Å². The van der Waals surface area contributed by atoms with Crippen molar-refractivity contribution in [2.24, 2.45) is 0 Å². The van der Waals surface area contributed by atoms with E-state index in [2.05, 4.69) is 16.1 Å². The lowest BCUT2D eigenvalue weighted by Gasteiger charge is -2.39. The van der Waals surface area contributed by atoms with Gasteiger partial charge in [-0.25, -0.2) is 9.59 Å². The number of amides is 3. The number of allylic oxidation sites excluding steroid dienone is 2. The third kappa shape index (κ3) is 8.01. The zero-order valence-corrected chi connectivity index (χ0v) is 25.9.